The minimum Gasteiger partial charge on any atom is -0.314 e. The molecule has 0 aliphatic heterocycles. The van der Waals surface area contributed by atoms with Gasteiger partial charge < -0.3 is 5.32 Å². The Morgan fingerprint density at radius 3 is 2.67 bits per heavy atom. The van der Waals surface area contributed by atoms with Crippen LogP contribution in [0.1, 0.15) is 44.6 Å². The maximum atomic E-state index is 4.47. The second-order valence-corrected chi connectivity index (χ2v) is 3.92. The van der Waals surface area contributed by atoms with Gasteiger partial charge in [-0.05, 0) is 26.0 Å². The molecule has 15 heavy (non-hydrogen) atoms. The summed E-state index contributed by atoms with van der Waals surface area (Å²) in [6.45, 7) is 9.51. The van der Waals surface area contributed by atoms with E-state index in [9.17, 15) is 0 Å². The van der Waals surface area contributed by atoms with Gasteiger partial charge in [0.2, 0.25) is 0 Å². The molecule has 0 saturated carbocycles. The summed E-state index contributed by atoms with van der Waals surface area (Å²) in [5.41, 5.74) is 1.04. The second-order valence-electron chi connectivity index (χ2n) is 3.92. The van der Waals surface area contributed by atoms with Crippen molar-refractivity contribution < 1.29 is 0 Å². The van der Waals surface area contributed by atoms with Gasteiger partial charge in [0, 0.05) is 23.9 Å². The molecule has 3 nitrogen and oxygen atoms in total. The molecule has 0 aliphatic rings. The summed E-state index contributed by atoms with van der Waals surface area (Å²) >= 11 is 0. The van der Waals surface area contributed by atoms with Crippen LogP contribution >= 0.6 is 0 Å². The molecule has 0 saturated heterocycles. The highest BCUT2D eigenvalue weighted by Crippen LogP contribution is 2.17. The van der Waals surface area contributed by atoms with Gasteiger partial charge in [0.25, 0.3) is 0 Å². The molecule has 2 atom stereocenters. The maximum absolute atomic E-state index is 4.47. The molecule has 0 fully saturated rings. The quantitative estimate of drug-likeness (QED) is 0.805. The fraction of sp³-hybridized carbons (Fsp3) is 0.667. The summed E-state index contributed by atoms with van der Waals surface area (Å²) in [5.74, 6) is 1.32. The maximum Gasteiger partial charge on any atom is 0.132 e. The van der Waals surface area contributed by atoms with E-state index in [2.05, 4.69) is 36.1 Å². The number of nitrogens with zero attached hydrogens (tertiary/aromatic N) is 2. The van der Waals surface area contributed by atoms with Crippen molar-refractivity contribution in [3.8, 4) is 0 Å². The van der Waals surface area contributed by atoms with Crippen LogP contribution in [0.15, 0.2) is 12.3 Å². The van der Waals surface area contributed by atoms with E-state index in [1.165, 1.54) is 0 Å². The monoisotopic (exact) mass is 207 g/mol. The predicted molar refractivity (Wildman–Crippen MR) is 62.9 cm³/mol. The lowest BCUT2D eigenvalue weighted by Gasteiger charge is -2.22. The fourth-order valence-electron chi connectivity index (χ4n) is 1.80. The number of aromatic nitrogens is 2. The van der Waals surface area contributed by atoms with Gasteiger partial charge >= 0.3 is 0 Å². The van der Waals surface area contributed by atoms with Crippen LogP contribution in [-0.4, -0.2) is 22.6 Å². The Labute approximate surface area is 92.3 Å². The standard InChI is InChI=1S/C12H21N3/c1-5-11(13-6-2)10(4)12-14-8-7-9(3)15-12/h7-8,10-11,13H,5-6H2,1-4H3. The zero-order valence-corrected chi connectivity index (χ0v) is 10.1. The van der Waals surface area contributed by atoms with Crippen molar-refractivity contribution in [1.29, 1.82) is 0 Å². The SMILES string of the molecule is CCNC(CC)C(C)c1nccc(C)n1. The first-order chi connectivity index (χ1) is 7.19. The van der Waals surface area contributed by atoms with Crippen LogP contribution < -0.4 is 5.32 Å². The molecule has 0 bridgehead atoms. The topological polar surface area (TPSA) is 37.8 Å². The summed E-state index contributed by atoms with van der Waals surface area (Å²) in [6.07, 6.45) is 2.94. The van der Waals surface area contributed by atoms with Crippen LogP contribution in [0, 0.1) is 6.92 Å². The summed E-state index contributed by atoms with van der Waals surface area (Å²) < 4.78 is 0. The van der Waals surface area contributed by atoms with Crippen molar-refractivity contribution in [3.05, 3.63) is 23.8 Å². The van der Waals surface area contributed by atoms with Gasteiger partial charge in [-0.3, -0.25) is 0 Å². The van der Waals surface area contributed by atoms with E-state index in [1.807, 2.05) is 19.2 Å². The van der Waals surface area contributed by atoms with E-state index in [0.29, 0.717) is 12.0 Å². The van der Waals surface area contributed by atoms with Crippen LogP contribution in [0.4, 0.5) is 0 Å². The van der Waals surface area contributed by atoms with Gasteiger partial charge in [0.15, 0.2) is 0 Å². The molecule has 0 aliphatic carbocycles. The molecule has 3 heteroatoms. The lowest BCUT2D eigenvalue weighted by molar-refractivity contribution is 0.435. The van der Waals surface area contributed by atoms with Crippen LogP contribution in [0.3, 0.4) is 0 Å². The van der Waals surface area contributed by atoms with Crippen molar-refractivity contribution in [2.45, 2.75) is 46.1 Å². The van der Waals surface area contributed by atoms with Crippen LogP contribution in [0.25, 0.3) is 0 Å². The first-order valence-corrected chi connectivity index (χ1v) is 5.72. The van der Waals surface area contributed by atoms with Gasteiger partial charge in [-0.25, -0.2) is 9.97 Å². The van der Waals surface area contributed by atoms with Crippen LogP contribution in [-0.2, 0) is 0 Å². The summed E-state index contributed by atoms with van der Waals surface area (Å²) in [5, 5.41) is 3.47. The van der Waals surface area contributed by atoms with Gasteiger partial charge in [-0.1, -0.05) is 20.8 Å². The molecule has 84 valence electrons. The van der Waals surface area contributed by atoms with E-state index < -0.39 is 0 Å². The second kappa shape index (κ2) is 5.81. The predicted octanol–water partition coefficient (Wildman–Crippen LogP) is 2.28. The van der Waals surface area contributed by atoms with Crippen LogP contribution in [0.2, 0.25) is 0 Å². The summed E-state index contributed by atoms with van der Waals surface area (Å²) in [6, 6.07) is 2.40. The number of rotatable bonds is 5. The van der Waals surface area contributed by atoms with Gasteiger partial charge in [0.1, 0.15) is 5.82 Å². The smallest absolute Gasteiger partial charge is 0.132 e. The minimum absolute atomic E-state index is 0.370. The van der Waals surface area contributed by atoms with Crippen molar-refractivity contribution in [1.82, 2.24) is 15.3 Å². The van der Waals surface area contributed by atoms with E-state index in [0.717, 1.165) is 24.5 Å². The Hall–Kier alpha value is -0.960. The third-order valence-electron chi connectivity index (χ3n) is 2.73. The average Bonchev–Trinajstić information content (AvgIpc) is 2.25. The van der Waals surface area contributed by atoms with E-state index in [1.54, 1.807) is 0 Å². The number of likely N-dealkylation sites (N-methyl/N-ethyl adjacent to an activating group) is 1. The number of hydrogen-bond donors (Lipinski definition) is 1. The Balaban J connectivity index is 2.77. The van der Waals surface area contributed by atoms with Crippen molar-refractivity contribution >= 4 is 0 Å². The van der Waals surface area contributed by atoms with E-state index >= 15 is 0 Å². The van der Waals surface area contributed by atoms with Crippen LogP contribution in [0.5, 0.6) is 0 Å². The molecule has 0 aromatic carbocycles. The van der Waals surface area contributed by atoms with Gasteiger partial charge in [-0.15, -0.1) is 0 Å². The summed E-state index contributed by atoms with van der Waals surface area (Å²) in [7, 11) is 0. The molecular weight excluding hydrogens is 186 g/mol. The Morgan fingerprint density at radius 1 is 1.40 bits per heavy atom. The van der Waals surface area contributed by atoms with Gasteiger partial charge in [-0.2, -0.15) is 0 Å². The van der Waals surface area contributed by atoms with E-state index in [4.69, 9.17) is 0 Å². The highest BCUT2D eigenvalue weighted by atomic mass is 14.9. The lowest BCUT2D eigenvalue weighted by Crippen LogP contribution is -2.33. The largest absolute Gasteiger partial charge is 0.314 e. The Morgan fingerprint density at radius 2 is 2.13 bits per heavy atom. The molecule has 1 heterocycles. The summed E-state index contributed by atoms with van der Waals surface area (Å²) in [4.78, 5) is 8.81. The molecule has 1 N–H and O–H groups in total. The fourth-order valence-corrected chi connectivity index (χ4v) is 1.80. The molecule has 1 aromatic heterocycles. The molecule has 0 radical (unpaired) electrons. The zero-order valence-electron chi connectivity index (χ0n) is 10.1. The highest BCUT2D eigenvalue weighted by Gasteiger charge is 2.18. The molecule has 0 spiro atoms. The van der Waals surface area contributed by atoms with Crippen molar-refractivity contribution in [2.75, 3.05) is 6.54 Å². The average molecular weight is 207 g/mol. The van der Waals surface area contributed by atoms with Crippen molar-refractivity contribution in [3.63, 3.8) is 0 Å². The molecule has 2 unspecified atom stereocenters. The molecule has 1 rings (SSSR count). The third-order valence-corrected chi connectivity index (χ3v) is 2.73. The number of aryl methyl sites for hydroxylation is 1. The van der Waals surface area contributed by atoms with E-state index in [-0.39, 0.29) is 0 Å². The lowest BCUT2D eigenvalue weighted by atomic mass is 9.98. The first-order valence-electron chi connectivity index (χ1n) is 5.72. The Bertz CT molecular complexity index is 299. The zero-order chi connectivity index (χ0) is 11.3. The molecule has 1 aromatic rings. The third kappa shape index (κ3) is 3.27. The highest BCUT2D eigenvalue weighted by molar-refractivity contribution is 5.05. The minimum atomic E-state index is 0.370. The number of nitrogens with one attached hydrogen (secondary N) is 1. The Kier molecular flexibility index (Phi) is 4.69. The number of hydrogen-bond acceptors (Lipinski definition) is 3. The first kappa shape index (κ1) is 12.1. The molecular formula is C12H21N3. The molecule has 0 amide bonds. The van der Waals surface area contributed by atoms with Crippen molar-refractivity contribution in [2.24, 2.45) is 0 Å². The normalized spacial score (nSPS) is 14.9. The van der Waals surface area contributed by atoms with Gasteiger partial charge in [0.05, 0.1) is 0 Å².